The molecule has 0 bridgehead atoms. The van der Waals surface area contributed by atoms with E-state index in [9.17, 15) is 9.59 Å². The molecule has 0 aromatic carbocycles. The molecule has 0 aliphatic carbocycles. The van der Waals surface area contributed by atoms with Crippen LogP contribution in [0.3, 0.4) is 0 Å². The first-order chi connectivity index (χ1) is 8.00. The Bertz CT molecular complexity index is 324. The molecule has 7 heteroatoms. The van der Waals surface area contributed by atoms with E-state index in [0.29, 0.717) is 13.1 Å². The standard InChI is InChI=1S/C10H16N2O4S/c1-10(16-2-8(13)14)4-12(5-10)9(15)7-3-17-6-11-7/h7,11H,2-6H2,1H3,(H,13,14). The molecule has 0 aromatic rings. The normalized spacial score (nSPS) is 26.6. The Morgan fingerprint density at radius 2 is 2.29 bits per heavy atom. The van der Waals surface area contributed by atoms with Crippen LogP contribution in [-0.2, 0) is 14.3 Å². The van der Waals surface area contributed by atoms with Crippen molar-refractivity contribution in [2.45, 2.75) is 18.6 Å². The van der Waals surface area contributed by atoms with Gasteiger partial charge in [0.15, 0.2) is 0 Å². The summed E-state index contributed by atoms with van der Waals surface area (Å²) in [5, 5.41) is 11.6. The topological polar surface area (TPSA) is 78.9 Å². The summed E-state index contributed by atoms with van der Waals surface area (Å²) in [4.78, 5) is 24.0. The van der Waals surface area contributed by atoms with Crippen molar-refractivity contribution in [1.29, 1.82) is 0 Å². The second-order valence-corrected chi connectivity index (χ2v) is 5.63. The van der Waals surface area contributed by atoms with Crippen LogP contribution in [-0.4, -0.2) is 64.9 Å². The quantitative estimate of drug-likeness (QED) is 0.699. The number of rotatable bonds is 4. The van der Waals surface area contributed by atoms with Gasteiger partial charge in [-0.1, -0.05) is 0 Å². The second-order valence-electron chi connectivity index (χ2n) is 4.60. The number of carboxylic acids is 1. The Kier molecular flexibility index (Phi) is 3.60. The molecule has 2 N–H and O–H groups in total. The van der Waals surface area contributed by atoms with Gasteiger partial charge in [0.2, 0.25) is 5.91 Å². The zero-order valence-corrected chi connectivity index (χ0v) is 10.5. The van der Waals surface area contributed by atoms with Crippen LogP contribution >= 0.6 is 11.8 Å². The molecular formula is C10H16N2O4S. The van der Waals surface area contributed by atoms with E-state index in [-0.39, 0.29) is 18.6 Å². The summed E-state index contributed by atoms with van der Waals surface area (Å²) in [5.41, 5.74) is -0.500. The van der Waals surface area contributed by atoms with Gasteiger partial charge in [0, 0.05) is 11.6 Å². The van der Waals surface area contributed by atoms with Gasteiger partial charge in [-0.15, -0.1) is 11.8 Å². The molecule has 2 aliphatic rings. The van der Waals surface area contributed by atoms with Gasteiger partial charge in [0.25, 0.3) is 0 Å². The Morgan fingerprint density at radius 1 is 1.59 bits per heavy atom. The van der Waals surface area contributed by atoms with Crippen molar-refractivity contribution in [2.24, 2.45) is 0 Å². The van der Waals surface area contributed by atoms with Crippen LogP contribution in [0.1, 0.15) is 6.92 Å². The molecule has 6 nitrogen and oxygen atoms in total. The molecule has 17 heavy (non-hydrogen) atoms. The van der Waals surface area contributed by atoms with Crippen LogP contribution in [0.4, 0.5) is 0 Å². The molecule has 1 atom stereocenters. The number of nitrogens with zero attached hydrogens (tertiary/aromatic N) is 1. The predicted octanol–water partition coefficient (Wildman–Crippen LogP) is -0.649. The summed E-state index contributed by atoms with van der Waals surface area (Å²) in [6, 6.07) is -0.0935. The number of amides is 1. The van der Waals surface area contributed by atoms with Crippen LogP contribution in [0.2, 0.25) is 0 Å². The van der Waals surface area contributed by atoms with Crippen molar-refractivity contribution in [3.63, 3.8) is 0 Å². The van der Waals surface area contributed by atoms with E-state index in [1.54, 1.807) is 16.7 Å². The molecule has 2 heterocycles. The largest absolute Gasteiger partial charge is 0.480 e. The van der Waals surface area contributed by atoms with Crippen molar-refractivity contribution in [1.82, 2.24) is 10.2 Å². The molecule has 2 fully saturated rings. The molecule has 0 aromatic heterocycles. The zero-order chi connectivity index (χ0) is 12.5. The first-order valence-electron chi connectivity index (χ1n) is 5.46. The van der Waals surface area contributed by atoms with Gasteiger partial charge in [-0.2, -0.15) is 0 Å². The number of nitrogens with one attached hydrogen (secondary N) is 1. The molecule has 96 valence electrons. The van der Waals surface area contributed by atoms with E-state index in [1.165, 1.54) is 0 Å². The molecule has 0 spiro atoms. The lowest BCUT2D eigenvalue weighted by molar-refractivity contribution is -0.174. The van der Waals surface area contributed by atoms with Gasteiger partial charge in [0.1, 0.15) is 12.2 Å². The van der Waals surface area contributed by atoms with E-state index in [2.05, 4.69) is 5.32 Å². The molecule has 0 saturated carbocycles. The third-order valence-electron chi connectivity index (χ3n) is 2.92. The van der Waals surface area contributed by atoms with E-state index in [1.807, 2.05) is 6.92 Å². The lowest BCUT2D eigenvalue weighted by Crippen LogP contribution is -2.66. The number of carbonyl (C=O) groups excluding carboxylic acids is 1. The Balaban J connectivity index is 1.77. The van der Waals surface area contributed by atoms with Gasteiger partial charge >= 0.3 is 5.97 Å². The minimum absolute atomic E-state index is 0.0893. The van der Waals surface area contributed by atoms with Crippen molar-refractivity contribution < 1.29 is 19.4 Å². The highest BCUT2D eigenvalue weighted by atomic mass is 32.2. The van der Waals surface area contributed by atoms with E-state index < -0.39 is 11.6 Å². The van der Waals surface area contributed by atoms with E-state index >= 15 is 0 Å². The minimum atomic E-state index is -0.982. The molecule has 2 aliphatic heterocycles. The summed E-state index contributed by atoms with van der Waals surface area (Å²) in [6.07, 6.45) is 0. The van der Waals surface area contributed by atoms with E-state index in [4.69, 9.17) is 9.84 Å². The number of likely N-dealkylation sites (tertiary alicyclic amines) is 1. The lowest BCUT2D eigenvalue weighted by Gasteiger charge is -2.47. The SMILES string of the molecule is CC1(OCC(=O)O)CN(C(=O)C2CSCN2)C1. The molecule has 1 unspecified atom stereocenters. The summed E-state index contributed by atoms with van der Waals surface area (Å²) in [6.45, 7) is 2.47. The zero-order valence-electron chi connectivity index (χ0n) is 9.64. The minimum Gasteiger partial charge on any atom is -0.480 e. The summed E-state index contributed by atoms with van der Waals surface area (Å²) in [7, 11) is 0. The number of aliphatic carboxylic acids is 1. The Hall–Kier alpha value is -0.790. The smallest absolute Gasteiger partial charge is 0.329 e. The first-order valence-corrected chi connectivity index (χ1v) is 6.61. The van der Waals surface area contributed by atoms with Crippen LogP contribution < -0.4 is 5.32 Å². The fourth-order valence-corrected chi connectivity index (χ4v) is 2.95. The Labute approximate surface area is 104 Å². The molecule has 2 rings (SSSR count). The maximum atomic E-state index is 11.9. The first kappa shape index (κ1) is 12.7. The van der Waals surface area contributed by atoms with Crippen LogP contribution in [0.15, 0.2) is 0 Å². The van der Waals surface area contributed by atoms with Gasteiger partial charge in [0.05, 0.1) is 19.1 Å². The highest BCUT2D eigenvalue weighted by molar-refractivity contribution is 7.99. The monoisotopic (exact) mass is 260 g/mol. The van der Waals surface area contributed by atoms with Gasteiger partial charge in [-0.3, -0.25) is 10.1 Å². The number of hydrogen-bond donors (Lipinski definition) is 2. The lowest BCUT2D eigenvalue weighted by atomic mass is 9.95. The molecule has 2 saturated heterocycles. The van der Waals surface area contributed by atoms with Crippen LogP contribution in [0.5, 0.6) is 0 Å². The number of ether oxygens (including phenoxy) is 1. The highest BCUT2D eigenvalue weighted by Gasteiger charge is 2.44. The average molecular weight is 260 g/mol. The highest BCUT2D eigenvalue weighted by Crippen LogP contribution is 2.26. The third kappa shape index (κ3) is 2.91. The predicted molar refractivity (Wildman–Crippen MR) is 62.8 cm³/mol. The average Bonchev–Trinajstić information content (AvgIpc) is 2.74. The van der Waals surface area contributed by atoms with Crippen molar-refractivity contribution in [2.75, 3.05) is 31.3 Å². The summed E-state index contributed by atoms with van der Waals surface area (Å²) in [5.74, 6) is 0.732. The fourth-order valence-electron chi connectivity index (χ4n) is 2.02. The van der Waals surface area contributed by atoms with Crippen molar-refractivity contribution in [3.05, 3.63) is 0 Å². The summed E-state index contributed by atoms with van der Waals surface area (Å²) >= 11 is 1.71. The fraction of sp³-hybridized carbons (Fsp3) is 0.800. The molecule has 0 radical (unpaired) electrons. The third-order valence-corrected chi connectivity index (χ3v) is 3.86. The van der Waals surface area contributed by atoms with Crippen LogP contribution in [0.25, 0.3) is 0 Å². The number of carboxylic acid groups (broad SMARTS) is 1. The van der Waals surface area contributed by atoms with Gasteiger partial charge in [-0.05, 0) is 6.92 Å². The maximum absolute atomic E-state index is 11.9. The number of thioether (sulfide) groups is 1. The Morgan fingerprint density at radius 3 is 2.82 bits per heavy atom. The molecule has 1 amide bonds. The van der Waals surface area contributed by atoms with Crippen molar-refractivity contribution >= 4 is 23.6 Å². The maximum Gasteiger partial charge on any atom is 0.329 e. The summed E-state index contributed by atoms with van der Waals surface area (Å²) < 4.78 is 5.25. The number of carbonyl (C=O) groups is 2. The number of hydrogen-bond acceptors (Lipinski definition) is 5. The molecular weight excluding hydrogens is 244 g/mol. The van der Waals surface area contributed by atoms with Gasteiger partial charge < -0.3 is 14.7 Å². The van der Waals surface area contributed by atoms with E-state index in [0.717, 1.165) is 11.6 Å². The van der Waals surface area contributed by atoms with Crippen LogP contribution in [0, 0.1) is 0 Å². The van der Waals surface area contributed by atoms with Gasteiger partial charge in [-0.25, -0.2) is 4.79 Å². The second kappa shape index (κ2) is 4.83. The van der Waals surface area contributed by atoms with Crippen molar-refractivity contribution in [3.8, 4) is 0 Å².